The number of carbonyl (C=O) groups is 1. The van der Waals surface area contributed by atoms with Crippen LogP contribution in [0.15, 0.2) is 36.4 Å². The molecular weight excluding hydrogens is 402 g/mol. The number of alkyl halides is 4. The van der Waals surface area contributed by atoms with Gasteiger partial charge in [0.1, 0.15) is 5.69 Å². The van der Waals surface area contributed by atoms with E-state index in [-0.39, 0.29) is 17.4 Å². The second-order valence-electron chi connectivity index (χ2n) is 6.77. The van der Waals surface area contributed by atoms with Crippen molar-refractivity contribution < 1.29 is 27.1 Å². The topological polar surface area (TPSA) is 67.9 Å². The van der Waals surface area contributed by atoms with E-state index in [4.69, 9.17) is 0 Å². The van der Waals surface area contributed by atoms with Crippen molar-refractivity contribution in [3.63, 3.8) is 0 Å². The molecule has 1 heterocycles. The summed E-state index contributed by atoms with van der Waals surface area (Å²) in [5, 5.41) is 13.3. The zero-order valence-electron chi connectivity index (χ0n) is 16.1. The van der Waals surface area contributed by atoms with Crippen molar-refractivity contribution in [2.24, 2.45) is 0 Å². The molecule has 0 aliphatic carbocycles. The summed E-state index contributed by atoms with van der Waals surface area (Å²) in [4.78, 5) is 10.9. The number of esters is 1. The number of aryl methyl sites for hydroxylation is 1. The molecule has 0 aliphatic heterocycles. The van der Waals surface area contributed by atoms with Gasteiger partial charge in [-0.2, -0.15) is 19.1 Å². The normalized spacial score (nSPS) is 11.7. The maximum Gasteiger partial charge on any atom is 0.306 e. The first-order valence-electron chi connectivity index (χ1n) is 8.93. The fourth-order valence-electron chi connectivity index (χ4n) is 3.15. The Morgan fingerprint density at radius 3 is 2.67 bits per heavy atom. The molecule has 0 unspecified atom stereocenters. The van der Waals surface area contributed by atoms with Gasteiger partial charge in [0.2, 0.25) is 0 Å². The third-order valence-corrected chi connectivity index (χ3v) is 4.70. The van der Waals surface area contributed by atoms with Gasteiger partial charge in [-0.3, -0.25) is 9.48 Å². The van der Waals surface area contributed by atoms with Crippen molar-refractivity contribution in [2.75, 3.05) is 6.61 Å². The summed E-state index contributed by atoms with van der Waals surface area (Å²) in [5.41, 5.74) is 0.677. The van der Waals surface area contributed by atoms with E-state index in [0.29, 0.717) is 11.1 Å². The number of rotatable bonds is 6. The van der Waals surface area contributed by atoms with Gasteiger partial charge in [0.25, 0.3) is 6.43 Å². The summed E-state index contributed by atoms with van der Waals surface area (Å²) in [6.45, 7) is 1.56. The second kappa shape index (κ2) is 8.14. The fraction of sp³-hybridized carbons (Fsp3) is 0.286. The molecule has 0 amide bonds. The van der Waals surface area contributed by atoms with Crippen molar-refractivity contribution in [1.29, 1.82) is 5.26 Å². The molecular formula is C21H17F4N3O2. The molecule has 3 aromatic rings. The van der Waals surface area contributed by atoms with Gasteiger partial charge in [-0.1, -0.05) is 24.3 Å². The average Bonchev–Trinajstić information content (AvgIpc) is 3.06. The van der Waals surface area contributed by atoms with E-state index in [2.05, 4.69) is 9.84 Å². The van der Waals surface area contributed by atoms with Gasteiger partial charge in [0.05, 0.1) is 23.7 Å². The van der Waals surface area contributed by atoms with Crippen LogP contribution in [0.1, 0.15) is 41.3 Å². The van der Waals surface area contributed by atoms with Crippen LogP contribution in [0, 0.1) is 18.3 Å². The number of halogens is 4. The minimum Gasteiger partial charge on any atom is -0.459 e. The quantitative estimate of drug-likeness (QED) is 0.423. The molecule has 0 N–H and O–H groups in total. The van der Waals surface area contributed by atoms with Crippen molar-refractivity contribution >= 4 is 16.9 Å². The first kappa shape index (κ1) is 21.3. The van der Waals surface area contributed by atoms with Crippen LogP contribution in [0.2, 0.25) is 0 Å². The zero-order chi connectivity index (χ0) is 22.1. The molecule has 0 bridgehead atoms. The van der Waals surface area contributed by atoms with Gasteiger partial charge in [0.15, 0.2) is 6.61 Å². The third kappa shape index (κ3) is 4.13. The van der Waals surface area contributed by atoms with E-state index in [0.717, 1.165) is 30.7 Å². The van der Waals surface area contributed by atoms with Crippen molar-refractivity contribution in [1.82, 2.24) is 9.78 Å². The van der Waals surface area contributed by atoms with Gasteiger partial charge in [-0.05, 0) is 30.2 Å². The number of hydrogen-bond acceptors (Lipinski definition) is 4. The second-order valence-corrected chi connectivity index (χ2v) is 6.77. The van der Waals surface area contributed by atoms with Crippen molar-refractivity contribution in [3.8, 4) is 6.07 Å². The smallest absolute Gasteiger partial charge is 0.306 e. The number of fused-ring (bicyclic) bond motifs is 1. The van der Waals surface area contributed by atoms with Crippen LogP contribution in [0.3, 0.4) is 0 Å². The highest BCUT2D eigenvalue weighted by Crippen LogP contribution is 2.34. The monoisotopic (exact) mass is 419 g/mol. The summed E-state index contributed by atoms with van der Waals surface area (Å²) in [5.74, 6) is -4.37. The summed E-state index contributed by atoms with van der Waals surface area (Å²) in [6, 6.07) is 10.3. The molecule has 0 spiro atoms. The minimum absolute atomic E-state index is 0.0316. The zero-order valence-corrected chi connectivity index (χ0v) is 16.1. The number of aromatic nitrogens is 2. The predicted octanol–water partition coefficient (Wildman–Crippen LogP) is 4.86. The Kier molecular flexibility index (Phi) is 5.78. The highest BCUT2D eigenvalue weighted by Gasteiger charge is 2.34. The molecule has 0 aliphatic rings. The Labute approximate surface area is 169 Å². The minimum atomic E-state index is -3.51. The Balaban J connectivity index is 2.13. The van der Waals surface area contributed by atoms with Crippen molar-refractivity contribution in [3.05, 3.63) is 64.3 Å². The van der Waals surface area contributed by atoms with E-state index in [1.54, 1.807) is 25.1 Å². The molecule has 0 radical (unpaired) electrons. The SMILES string of the molecule is CC(=O)OCC(F)(F)c1ccc2c(C(F)F)nn(Cc3c(C)cccc3C#N)c2c1. The van der Waals surface area contributed by atoms with Crippen LogP contribution < -0.4 is 0 Å². The van der Waals surface area contributed by atoms with Crippen LogP contribution in [0.4, 0.5) is 17.6 Å². The van der Waals surface area contributed by atoms with Crippen LogP contribution in [-0.2, 0) is 22.0 Å². The molecule has 1 aromatic heterocycles. The highest BCUT2D eigenvalue weighted by atomic mass is 19.3. The third-order valence-electron chi connectivity index (χ3n) is 4.70. The number of nitrogens with zero attached hydrogens (tertiary/aromatic N) is 3. The van der Waals surface area contributed by atoms with Crippen LogP contribution in [0.5, 0.6) is 0 Å². The van der Waals surface area contributed by atoms with Crippen LogP contribution in [-0.4, -0.2) is 22.4 Å². The number of nitriles is 1. The Morgan fingerprint density at radius 1 is 1.30 bits per heavy atom. The first-order chi connectivity index (χ1) is 14.1. The Bertz CT molecular complexity index is 1150. The molecule has 9 heteroatoms. The van der Waals surface area contributed by atoms with Gasteiger partial charge in [-0.15, -0.1) is 0 Å². The van der Waals surface area contributed by atoms with E-state index in [1.807, 2.05) is 6.07 Å². The van der Waals surface area contributed by atoms with Gasteiger partial charge in [-0.25, -0.2) is 8.78 Å². The average molecular weight is 419 g/mol. The van der Waals surface area contributed by atoms with Gasteiger partial charge >= 0.3 is 11.9 Å². The van der Waals surface area contributed by atoms with Crippen LogP contribution >= 0.6 is 0 Å². The van der Waals surface area contributed by atoms with E-state index in [1.165, 1.54) is 4.68 Å². The lowest BCUT2D eigenvalue weighted by Crippen LogP contribution is -2.22. The maximum absolute atomic E-state index is 14.5. The summed E-state index contributed by atoms with van der Waals surface area (Å²) >= 11 is 0. The standard InChI is InChI=1S/C21H17F4N3O2/c1-12-4-3-5-14(9-26)17(12)10-28-18-8-15(21(24,25)11-30-13(2)29)6-7-16(18)19(27-28)20(22)23/h3-8,20H,10-11H2,1-2H3. The summed E-state index contributed by atoms with van der Waals surface area (Å²) < 4.78 is 61.5. The summed E-state index contributed by atoms with van der Waals surface area (Å²) in [6.07, 6.45) is -2.91. The molecule has 3 rings (SSSR count). The molecule has 156 valence electrons. The van der Waals surface area contributed by atoms with Gasteiger partial charge < -0.3 is 4.74 Å². The molecule has 2 aromatic carbocycles. The van der Waals surface area contributed by atoms with E-state index < -0.39 is 36.2 Å². The molecule has 0 fully saturated rings. The number of carbonyl (C=O) groups excluding carboxylic acids is 1. The van der Waals surface area contributed by atoms with Crippen molar-refractivity contribution in [2.45, 2.75) is 32.7 Å². The highest BCUT2D eigenvalue weighted by molar-refractivity contribution is 5.83. The Hall–Kier alpha value is -3.41. The Morgan fingerprint density at radius 2 is 2.03 bits per heavy atom. The number of hydrogen-bond donors (Lipinski definition) is 0. The first-order valence-corrected chi connectivity index (χ1v) is 8.93. The molecule has 0 atom stereocenters. The number of benzene rings is 2. The lowest BCUT2D eigenvalue weighted by atomic mass is 10.0. The maximum atomic E-state index is 14.5. The molecule has 5 nitrogen and oxygen atoms in total. The molecule has 0 saturated heterocycles. The largest absolute Gasteiger partial charge is 0.459 e. The van der Waals surface area contributed by atoms with E-state index in [9.17, 15) is 27.6 Å². The lowest BCUT2D eigenvalue weighted by Gasteiger charge is -2.17. The molecule has 30 heavy (non-hydrogen) atoms. The fourth-order valence-corrected chi connectivity index (χ4v) is 3.15. The van der Waals surface area contributed by atoms with Crippen LogP contribution in [0.25, 0.3) is 10.9 Å². The lowest BCUT2D eigenvalue weighted by molar-refractivity contribution is -0.153. The molecule has 0 saturated carbocycles. The van der Waals surface area contributed by atoms with E-state index >= 15 is 0 Å². The predicted molar refractivity (Wildman–Crippen MR) is 100 cm³/mol. The van der Waals surface area contributed by atoms with Gasteiger partial charge in [0, 0.05) is 17.9 Å². The number of ether oxygens (including phenoxy) is 1. The summed E-state index contributed by atoms with van der Waals surface area (Å²) in [7, 11) is 0.